The Morgan fingerprint density at radius 3 is 2.33 bits per heavy atom. The summed E-state index contributed by atoms with van der Waals surface area (Å²) in [6.07, 6.45) is 1.93. The van der Waals surface area contributed by atoms with Crippen LogP contribution in [0.1, 0.15) is 64.9 Å². The van der Waals surface area contributed by atoms with Gasteiger partial charge >= 0.3 is 0 Å². The lowest BCUT2D eigenvalue weighted by molar-refractivity contribution is 0.284. The lowest BCUT2D eigenvalue weighted by Gasteiger charge is -2.33. The van der Waals surface area contributed by atoms with Crippen LogP contribution in [0, 0.1) is 16.7 Å². The Morgan fingerprint density at radius 2 is 1.81 bits per heavy atom. The van der Waals surface area contributed by atoms with Gasteiger partial charge in [0.2, 0.25) is 5.76 Å². The molecule has 0 spiro atoms. The van der Waals surface area contributed by atoms with E-state index in [2.05, 4.69) is 59.7 Å². The first-order valence-electron chi connectivity index (χ1n) is 7.64. The van der Waals surface area contributed by atoms with Crippen molar-refractivity contribution in [2.45, 2.75) is 59.8 Å². The van der Waals surface area contributed by atoms with Gasteiger partial charge in [-0.15, -0.1) is 0 Å². The third-order valence-electron chi connectivity index (χ3n) is 4.00. The average Bonchev–Trinajstić information content (AvgIpc) is 2.72. The molecule has 0 aliphatic heterocycles. The van der Waals surface area contributed by atoms with E-state index in [0.717, 1.165) is 29.4 Å². The molecule has 2 rings (SSSR count). The van der Waals surface area contributed by atoms with Crippen molar-refractivity contribution in [2.24, 2.45) is 5.41 Å². The largest absolute Gasteiger partial charge is 0.445 e. The Hall–Kier alpha value is -1.75. The highest BCUT2D eigenvalue weighted by Gasteiger charge is 2.28. The average molecular weight is 283 g/mol. The molecule has 2 heteroatoms. The van der Waals surface area contributed by atoms with E-state index in [9.17, 15) is 5.26 Å². The van der Waals surface area contributed by atoms with Crippen LogP contribution in [-0.4, -0.2) is 0 Å². The van der Waals surface area contributed by atoms with E-state index in [0.29, 0.717) is 5.76 Å². The van der Waals surface area contributed by atoms with Crippen molar-refractivity contribution in [3.8, 4) is 6.07 Å². The number of nitriles is 1. The Morgan fingerprint density at radius 1 is 1.14 bits per heavy atom. The van der Waals surface area contributed by atoms with E-state index in [-0.39, 0.29) is 10.8 Å². The summed E-state index contributed by atoms with van der Waals surface area (Å²) in [6.45, 7) is 13.5. The Balaban J connectivity index is 2.55. The maximum Gasteiger partial charge on any atom is 0.207 e. The van der Waals surface area contributed by atoms with Gasteiger partial charge in [-0.1, -0.05) is 47.6 Å². The number of nitrogens with zero attached hydrogens (tertiary/aromatic N) is 1. The van der Waals surface area contributed by atoms with Crippen LogP contribution in [0.3, 0.4) is 0 Å². The van der Waals surface area contributed by atoms with Gasteiger partial charge in [0.25, 0.3) is 0 Å². The van der Waals surface area contributed by atoms with E-state index in [1.165, 1.54) is 5.56 Å². The first kappa shape index (κ1) is 15.6. The molecule has 0 aliphatic carbocycles. The fourth-order valence-electron chi connectivity index (χ4n) is 3.44. The minimum absolute atomic E-state index is 0.0987. The number of fused-ring (bicyclic) bond motifs is 1. The quantitative estimate of drug-likeness (QED) is 0.737. The topological polar surface area (TPSA) is 36.9 Å². The van der Waals surface area contributed by atoms with Crippen LogP contribution in [0.2, 0.25) is 0 Å². The normalized spacial score (nSPS) is 12.6. The predicted octanol–water partition coefficient (Wildman–Crippen LogP) is 5.58. The molecule has 1 aromatic carbocycles. The van der Waals surface area contributed by atoms with Gasteiger partial charge in [-0.2, -0.15) is 5.26 Å². The Bertz CT molecular complexity index is 693. The predicted molar refractivity (Wildman–Crippen MR) is 87.4 cm³/mol. The molecule has 0 N–H and O–H groups in total. The summed E-state index contributed by atoms with van der Waals surface area (Å²) >= 11 is 0. The first-order chi connectivity index (χ1) is 9.68. The van der Waals surface area contributed by atoms with Gasteiger partial charge in [-0.05, 0) is 41.4 Å². The zero-order valence-corrected chi connectivity index (χ0v) is 14.0. The van der Waals surface area contributed by atoms with Crippen molar-refractivity contribution in [1.82, 2.24) is 0 Å². The van der Waals surface area contributed by atoms with Gasteiger partial charge in [0, 0.05) is 10.9 Å². The summed E-state index contributed by atoms with van der Waals surface area (Å²) in [5, 5.41) is 10.3. The summed E-state index contributed by atoms with van der Waals surface area (Å²) in [7, 11) is 0. The molecule has 0 amide bonds. The molecule has 0 bridgehead atoms. The molecule has 0 atom stereocenters. The minimum Gasteiger partial charge on any atom is -0.445 e. The zero-order chi connectivity index (χ0) is 15.8. The van der Waals surface area contributed by atoms with Crippen LogP contribution in [-0.2, 0) is 11.8 Å². The van der Waals surface area contributed by atoms with Crippen molar-refractivity contribution < 1.29 is 4.42 Å². The van der Waals surface area contributed by atoms with E-state index in [4.69, 9.17) is 4.42 Å². The van der Waals surface area contributed by atoms with Crippen LogP contribution in [0.5, 0.6) is 0 Å². The van der Waals surface area contributed by atoms with Crippen LogP contribution in [0.4, 0.5) is 0 Å². The number of hydrogen-bond acceptors (Lipinski definition) is 2. The van der Waals surface area contributed by atoms with Crippen LogP contribution < -0.4 is 0 Å². The smallest absolute Gasteiger partial charge is 0.207 e. The minimum atomic E-state index is 0.0987. The zero-order valence-electron chi connectivity index (χ0n) is 14.0. The monoisotopic (exact) mass is 283 g/mol. The molecule has 21 heavy (non-hydrogen) atoms. The maximum atomic E-state index is 9.19. The molecule has 1 aromatic heterocycles. The molecule has 0 unspecified atom stereocenters. The van der Waals surface area contributed by atoms with Gasteiger partial charge in [0.1, 0.15) is 11.7 Å². The summed E-state index contributed by atoms with van der Waals surface area (Å²) < 4.78 is 5.65. The second kappa shape index (κ2) is 5.22. The third-order valence-corrected chi connectivity index (χ3v) is 4.00. The SMILES string of the molecule is CCc1c(C#N)oc2ccc(C(C)(C)CC(C)(C)C)cc12. The summed E-state index contributed by atoms with van der Waals surface area (Å²) in [4.78, 5) is 0. The molecule has 2 nitrogen and oxygen atoms in total. The standard InChI is InChI=1S/C19H25NO/c1-7-14-15-10-13(19(5,6)12-18(2,3)4)8-9-16(15)21-17(14)11-20/h8-10H,7,12H2,1-6H3. The number of hydrogen-bond donors (Lipinski definition) is 0. The molecular formula is C19H25NO. The van der Waals surface area contributed by atoms with Gasteiger partial charge < -0.3 is 4.42 Å². The van der Waals surface area contributed by atoms with E-state index in [1.807, 2.05) is 6.07 Å². The molecule has 1 heterocycles. The summed E-state index contributed by atoms with van der Waals surface area (Å²) in [6, 6.07) is 8.52. The molecule has 0 aliphatic rings. The van der Waals surface area contributed by atoms with Gasteiger partial charge in [-0.3, -0.25) is 0 Å². The molecule has 2 aromatic rings. The lowest BCUT2D eigenvalue weighted by atomic mass is 9.72. The van der Waals surface area contributed by atoms with Crippen molar-refractivity contribution >= 4 is 11.0 Å². The first-order valence-corrected chi connectivity index (χ1v) is 7.64. The van der Waals surface area contributed by atoms with Crippen LogP contribution >= 0.6 is 0 Å². The van der Waals surface area contributed by atoms with Gasteiger partial charge in [0.05, 0.1) is 0 Å². The molecule has 112 valence electrons. The van der Waals surface area contributed by atoms with Gasteiger partial charge in [0.15, 0.2) is 0 Å². The van der Waals surface area contributed by atoms with Gasteiger partial charge in [-0.25, -0.2) is 0 Å². The highest BCUT2D eigenvalue weighted by Crippen LogP contribution is 2.38. The molecule has 0 fully saturated rings. The number of aryl methyl sites for hydroxylation is 1. The van der Waals surface area contributed by atoms with Crippen molar-refractivity contribution in [3.05, 3.63) is 35.1 Å². The second-order valence-corrected chi connectivity index (χ2v) is 7.71. The number of furan rings is 1. The fraction of sp³-hybridized carbons (Fsp3) is 0.526. The van der Waals surface area contributed by atoms with Crippen LogP contribution in [0.15, 0.2) is 22.6 Å². The lowest BCUT2D eigenvalue weighted by Crippen LogP contribution is -2.24. The fourth-order valence-corrected chi connectivity index (χ4v) is 3.44. The third kappa shape index (κ3) is 3.13. The second-order valence-electron chi connectivity index (χ2n) is 7.71. The Labute approximate surface area is 127 Å². The maximum absolute atomic E-state index is 9.19. The van der Waals surface area contributed by atoms with Crippen molar-refractivity contribution in [2.75, 3.05) is 0 Å². The Kier molecular flexibility index (Phi) is 3.89. The van der Waals surface area contributed by atoms with E-state index < -0.39 is 0 Å². The number of benzene rings is 1. The van der Waals surface area contributed by atoms with E-state index >= 15 is 0 Å². The molecule has 0 saturated carbocycles. The van der Waals surface area contributed by atoms with Crippen LogP contribution in [0.25, 0.3) is 11.0 Å². The summed E-state index contributed by atoms with van der Waals surface area (Å²) in [5.74, 6) is 0.457. The number of rotatable bonds is 3. The van der Waals surface area contributed by atoms with Crippen molar-refractivity contribution in [1.29, 1.82) is 5.26 Å². The molecular weight excluding hydrogens is 258 g/mol. The molecule has 0 radical (unpaired) electrons. The highest BCUT2D eigenvalue weighted by molar-refractivity contribution is 5.84. The molecule has 0 saturated heterocycles. The van der Waals surface area contributed by atoms with E-state index in [1.54, 1.807) is 0 Å². The highest BCUT2D eigenvalue weighted by atomic mass is 16.3. The summed E-state index contributed by atoms with van der Waals surface area (Å²) in [5.41, 5.74) is 3.53. The van der Waals surface area contributed by atoms with Crippen molar-refractivity contribution in [3.63, 3.8) is 0 Å².